The number of anilines is 1. The highest BCUT2D eigenvalue weighted by Gasteiger charge is 2.01. The van der Waals surface area contributed by atoms with Crippen molar-refractivity contribution < 1.29 is 9.53 Å². The summed E-state index contributed by atoms with van der Waals surface area (Å²) in [4.78, 5) is 15.0. The Bertz CT molecular complexity index is 352. The molecule has 0 saturated carbocycles. The van der Waals surface area contributed by atoms with Gasteiger partial charge in [-0.1, -0.05) is 0 Å². The minimum atomic E-state index is -0.0126. The van der Waals surface area contributed by atoms with Crippen LogP contribution in [-0.4, -0.2) is 41.8 Å². The molecule has 0 spiro atoms. The lowest BCUT2D eigenvalue weighted by Crippen LogP contribution is -2.24. The average molecular weight is 254 g/mol. The van der Waals surface area contributed by atoms with Gasteiger partial charge in [-0.3, -0.25) is 4.79 Å². The molecule has 18 heavy (non-hydrogen) atoms. The van der Waals surface area contributed by atoms with Crippen molar-refractivity contribution in [1.29, 1.82) is 0 Å². The Morgan fingerprint density at radius 1 is 1.50 bits per heavy atom. The second-order valence-electron chi connectivity index (χ2n) is 3.90. The summed E-state index contributed by atoms with van der Waals surface area (Å²) < 4.78 is 7.24. The van der Waals surface area contributed by atoms with E-state index in [1.165, 1.54) is 6.92 Å². The molecule has 0 bridgehead atoms. The van der Waals surface area contributed by atoms with Crippen LogP contribution in [0.25, 0.3) is 0 Å². The van der Waals surface area contributed by atoms with Gasteiger partial charge in [0.25, 0.3) is 0 Å². The molecule has 0 saturated heterocycles. The first kappa shape index (κ1) is 14.5. The van der Waals surface area contributed by atoms with Gasteiger partial charge in [0, 0.05) is 52.2 Å². The molecule has 102 valence electrons. The predicted octanol–water partition coefficient (Wildman–Crippen LogP) is 0.858. The Morgan fingerprint density at radius 2 is 2.33 bits per heavy atom. The number of ether oxygens (including phenoxy) is 1. The number of nitrogens with zero attached hydrogens (tertiary/aromatic N) is 2. The molecule has 1 heterocycles. The van der Waals surface area contributed by atoms with E-state index >= 15 is 0 Å². The predicted molar refractivity (Wildman–Crippen MR) is 70.5 cm³/mol. The maximum atomic E-state index is 10.8. The van der Waals surface area contributed by atoms with Crippen LogP contribution in [0.15, 0.2) is 12.4 Å². The highest BCUT2D eigenvalue weighted by molar-refractivity contribution is 5.72. The number of hydrogen-bond acceptors (Lipinski definition) is 4. The number of amides is 1. The van der Waals surface area contributed by atoms with Crippen molar-refractivity contribution in [3.63, 3.8) is 0 Å². The van der Waals surface area contributed by atoms with Gasteiger partial charge in [-0.05, 0) is 13.3 Å². The van der Waals surface area contributed by atoms with E-state index < -0.39 is 0 Å². The fraction of sp³-hybridized carbons (Fsp3) is 0.667. The quantitative estimate of drug-likeness (QED) is 0.641. The molecule has 1 rings (SSSR count). The van der Waals surface area contributed by atoms with Crippen LogP contribution in [0, 0.1) is 0 Å². The number of hydrogen-bond donors (Lipinski definition) is 2. The molecule has 0 aromatic carbocycles. The normalized spacial score (nSPS) is 10.3. The summed E-state index contributed by atoms with van der Waals surface area (Å²) in [5.74, 6) is 0.818. The Morgan fingerprint density at radius 3 is 3.06 bits per heavy atom. The van der Waals surface area contributed by atoms with E-state index in [9.17, 15) is 4.79 Å². The van der Waals surface area contributed by atoms with Crippen molar-refractivity contribution in [2.75, 3.05) is 31.6 Å². The number of carbonyl (C=O) groups excluding carboxylic acids is 1. The monoisotopic (exact) mass is 254 g/mol. The van der Waals surface area contributed by atoms with Crippen LogP contribution < -0.4 is 10.6 Å². The molecule has 6 nitrogen and oxygen atoms in total. The third-order valence-electron chi connectivity index (χ3n) is 2.39. The van der Waals surface area contributed by atoms with Crippen LogP contribution in [0.2, 0.25) is 0 Å². The van der Waals surface area contributed by atoms with Crippen LogP contribution in [0.4, 0.5) is 5.95 Å². The van der Waals surface area contributed by atoms with Crippen LogP contribution in [-0.2, 0) is 16.1 Å². The summed E-state index contributed by atoms with van der Waals surface area (Å²) in [5.41, 5.74) is 0. The van der Waals surface area contributed by atoms with E-state index in [1.807, 2.05) is 17.7 Å². The second-order valence-corrected chi connectivity index (χ2v) is 3.90. The van der Waals surface area contributed by atoms with Crippen LogP contribution >= 0.6 is 0 Å². The minimum absolute atomic E-state index is 0.0126. The Balaban J connectivity index is 2.24. The molecular formula is C12H22N4O2. The fourth-order valence-corrected chi connectivity index (χ4v) is 1.53. The van der Waals surface area contributed by atoms with Crippen LogP contribution in [0.1, 0.15) is 20.3 Å². The first-order valence-electron chi connectivity index (χ1n) is 6.31. The van der Waals surface area contributed by atoms with Gasteiger partial charge in [-0.2, -0.15) is 0 Å². The zero-order valence-electron chi connectivity index (χ0n) is 11.1. The average Bonchev–Trinajstić information content (AvgIpc) is 2.76. The maximum Gasteiger partial charge on any atom is 0.216 e. The Kier molecular flexibility index (Phi) is 6.86. The molecule has 1 amide bonds. The molecule has 0 aliphatic carbocycles. The smallest absolute Gasteiger partial charge is 0.216 e. The van der Waals surface area contributed by atoms with Crippen molar-refractivity contribution in [3.05, 3.63) is 12.4 Å². The molecule has 2 N–H and O–H groups in total. The van der Waals surface area contributed by atoms with Crippen LogP contribution in [0.5, 0.6) is 0 Å². The fourth-order valence-electron chi connectivity index (χ4n) is 1.53. The third-order valence-corrected chi connectivity index (χ3v) is 2.39. The first-order chi connectivity index (χ1) is 8.74. The highest BCUT2D eigenvalue weighted by Crippen LogP contribution is 2.03. The van der Waals surface area contributed by atoms with Crippen molar-refractivity contribution in [2.24, 2.45) is 0 Å². The summed E-state index contributed by atoms with van der Waals surface area (Å²) in [6.45, 7) is 7.17. The second kappa shape index (κ2) is 8.52. The third kappa shape index (κ3) is 5.67. The number of nitrogens with one attached hydrogen (secondary N) is 2. The summed E-state index contributed by atoms with van der Waals surface area (Å²) in [6, 6.07) is 0. The molecule has 6 heteroatoms. The molecule has 0 aliphatic rings. The molecule has 1 aromatic heterocycles. The molecule has 1 aromatic rings. The van der Waals surface area contributed by atoms with E-state index in [-0.39, 0.29) is 5.91 Å². The largest absolute Gasteiger partial charge is 0.382 e. The molecule has 0 atom stereocenters. The Labute approximate surface area is 108 Å². The summed E-state index contributed by atoms with van der Waals surface area (Å²) in [5, 5.41) is 6.01. The van der Waals surface area contributed by atoms with Gasteiger partial charge in [-0.25, -0.2) is 4.98 Å². The van der Waals surface area contributed by atoms with Gasteiger partial charge in [0.05, 0.1) is 0 Å². The van der Waals surface area contributed by atoms with Gasteiger partial charge >= 0.3 is 0 Å². The zero-order valence-corrected chi connectivity index (χ0v) is 11.1. The summed E-state index contributed by atoms with van der Waals surface area (Å²) in [6.07, 6.45) is 4.59. The molecule has 0 aliphatic heterocycles. The number of imidazole rings is 1. The van der Waals surface area contributed by atoms with Crippen molar-refractivity contribution in [3.8, 4) is 0 Å². The number of aromatic nitrogens is 2. The van der Waals surface area contributed by atoms with Crippen molar-refractivity contribution >= 4 is 11.9 Å². The maximum absolute atomic E-state index is 10.8. The standard InChI is InChI=1S/C12H22N4O2/c1-3-18-10-4-5-14-12-15-7-9-16(12)8-6-13-11(2)17/h7,9H,3-6,8,10H2,1-2H3,(H,13,17)(H,14,15). The van der Waals surface area contributed by atoms with Gasteiger partial charge in [0.2, 0.25) is 11.9 Å². The summed E-state index contributed by atoms with van der Waals surface area (Å²) >= 11 is 0. The van der Waals surface area contributed by atoms with E-state index in [2.05, 4.69) is 15.6 Å². The van der Waals surface area contributed by atoms with E-state index in [0.717, 1.165) is 32.1 Å². The summed E-state index contributed by atoms with van der Waals surface area (Å²) in [7, 11) is 0. The lowest BCUT2D eigenvalue weighted by molar-refractivity contribution is -0.118. The number of rotatable bonds is 9. The topological polar surface area (TPSA) is 68.2 Å². The van der Waals surface area contributed by atoms with Gasteiger partial charge in [0.15, 0.2) is 0 Å². The van der Waals surface area contributed by atoms with E-state index in [4.69, 9.17) is 4.74 Å². The molecular weight excluding hydrogens is 232 g/mol. The van der Waals surface area contributed by atoms with Gasteiger partial charge in [0.1, 0.15) is 0 Å². The number of carbonyl (C=O) groups is 1. The van der Waals surface area contributed by atoms with Crippen molar-refractivity contribution in [1.82, 2.24) is 14.9 Å². The molecule has 0 radical (unpaired) electrons. The minimum Gasteiger partial charge on any atom is -0.382 e. The SMILES string of the molecule is CCOCCCNc1nccn1CCNC(C)=O. The zero-order chi connectivity index (χ0) is 13.2. The first-order valence-corrected chi connectivity index (χ1v) is 6.31. The molecule has 0 unspecified atom stereocenters. The Hall–Kier alpha value is -1.56. The van der Waals surface area contributed by atoms with Crippen LogP contribution in [0.3, 0.4) is 0 Å². The van der Waals surface area contributed by atoms with Gasteiger partial charge < -0.3 is 19.9 Å². The highest BCUT2D eigenvalue weighted by atomic mass is 16.5. The van der Waals surface area contributed by atoms with Gasteiger partial charge in [-0.15, -0.1) is 0 Å². The van der Waals surface area contributed by atoms with Crippen molar-refractivity contribution in [2.45, 2.75) is 26.8 Å². The lowest BCUT2D eigenvalue weighted by atomic mass is 10.4. The van der Waals surface area contributed by atoms with E-state index in [0.29, 0.717) is 13.1 Å². The lowest BCUT2D eigenvalue weighted by Gasteiger charge is -2.10. The van der Waals surface area contributed by atoms with E-state index in [1.54, 1.807) is 6.20 Å². The molecule has 0 fully saturated rings.